The van der Waals surface area contributed by atoms with Gasteiger partial charge in [-0.1, -0.05) is 6.92 Å². The van der Waals surface area contributed by atoms with Gasteiger partial charge in [-0.25, -0.2) is 4.79 Å². The van der Waals surface area contributed by atoms with Crippen molar-refractivity contribution in [3.63, 3.8) is 0 Å². The molecule has 0 radical (unpaired) electrons. The van der Waals surface area contributed by atoms with Crippen LogP contribution in [0.15, 0.2) is 6.20 Å². The molecule has 19 heavy (non-hydrogen) atoms. The molecule has 0 spiro atoms. The molecule has 1 fully saturated rings. The number of hydrogen-bond acceptors (Lipinski definition) is 4. The minimum atomic E-state index is -0.266. The second-order valence-electron chi connectivity index (χ2n) is 5.02. The van der Waals surface area contributed by atoms with Gasteiger partial charge in [-0.2, -0.15) is 5.10 Å². The van der Waals surface area contributed by atoms with Crippen molar-refractivity contribution in [3.8, 4) is 0 Å². The number of rotatable bonds is 5. The summed E-state index contributed by atoms with van der Waals surface area (Å²) < 4.78 is 6.88. The summed E-state index contributed by atoms with van der Waals surface area (Å²) in [5.74, 6) is -0.266. The minimum absolute atomic E-state index is 0.266. The molecule has 0 saturated carbocycles. The van der Waals surface area contributed by atoms with Crippen LogP contribution in [0, 0.1) is 0 Å². The van der Waals surface area contributed by atoms with Gasteiger partial charge >= 0.3 is 5.97 Å². The van der Waals surface area contributed by atoms with Crippen LogP contribution in [0.2, 0.25) is 0 Å². The van der Waals surface area contributed by atoms with Gasteiger partial charge in [-0.15, -0.1) is 0 Å². The van der Waals surface area contributed by atoms with Gasteiger partial charge in [0.2, 0.25) is 0 Å². The fraction of sp³-hybridized carbons (Fsp3) is 0.714. The van der Waals surface area contributed by atoms with Crippen LogP contribution in [0.25, 0.3) is 0 Å². The van der Waals surface area contributed by atoms with Crippen LogP contribution < -0.4 is 0 Å². The Balaban J connectivity index is 2.15. The van der Waals surface area contributed by atoms with Crippen LogP contribution in [0.5, 0.6) is 0 Å². The number of esters is 1. The molecule has 1 saturated heterocycles. The molecule has 0 bridgehead atoms. The zero-order chi connectivity index (χ0) is 13.8. The average molecular weight is 265 g/mol. The number of nitrogens with zero attached hydrogens (tertiary/aromatic N) is 3. The van der Waals surface area contributed by atoms with E-state index in [-0.39, 0.29) is 5.97 Å². The molecule has 0 aliphatic carbocycles. The third-order valence-corrected chi connectivity index (χ3v) is 3.88. The van der Waals surface area contributed by atoms with Crippen LogP contribution in [0.4, 0.5) is 0 Å². The fourth-order valence-corrected chi connectivity index (χ4v) is 2.79. The molecule has 1 atom stereocenters. The Labute approximate surface area is 114 Å². The van der Waals surface area contributed by atoms with E-state index in [1.807, 2.05) is 14.0 Å². The van der Waals surface area contributed by atoms with Crippen molar-refractivity contribution < 1.29 is 9.53 Å². The lowest BCUT2D eigenvalue weighted by molar-refractivity contribution is 0.0523. The van der Waals surface area contributed by atoms with E-state index in [0.29, 0.717) is 18.2 Å². The Morgan fingerprint density at radius 1 is 1.53 bits per heavy atom. The summed E-state index contributed by atoms with van der Waals surface area (Å²) in [7, 11) is 1.88. The first kappa shape index (κ1) is 14.1. The van der Waals surface area contributed by atoms with E-state index < -0.39 is 0 Å². The molecule has 5 nitrogen and oxygen atoms in total. The molecule has 0 N–H and O–H groups in total. The van der Waals surface area contributed by atoms with E-state index in [1.54, 1.807) is 10.9 Å². The Morgan fingerprint density at radius 2 is 2.32 bits per heavy atom. The van der Waals surface area contributed by atoms with Crippen molar-refractivity contribution in [1.29, 1.82) is 0 Å². The number of aromatic nitrogens is 2. The average Bonchev–Trinajstić information content (AvgIpc) is 2.98. The summed E-state index contributed by atoms with van der Waals surface area (Å²) in [6.07, 6.45) is 5.27. The van der Waals surface area contributed by atoms with Crippen molar-refractivity contribution in [2.45, 2.75) is 45.7 Å². The largest absolute Gasteiger partial charge is 0.462 e. The first-order valence-electron chi connectivity index (χ1n) is 7.09. The van der Waals surface area contributed by atoms with E-state index in [4.69, 9.17) is 4.74 Å². The zero-order valence-electron chi connectivity index (χ0n) is 12.1. The first-order chi connectivity index (χ1) is 9.17. The van der Waals surface area contributed by atoms with E-state index in [1.165, 1.54) is 12.8 Å². The number of carbonyl (C=O) groups excluding carboxylic acids is 1. The zero-order valence-corrected chi connectivity index (χ0v) is 12.1. The second-order valence-corrected chi connectivity index (χ2v) is 5.02. The normalized spacial score (nSPS) is 19.8. The van der Waals surface area contributed by atoms with Crippen LogP contribution in [0.1, 0.15) is 49.2 Å². The number of hydrogen-bond donors (Lipinski definition) is 0. The van der Waals surface area contributed by atoms with E-state index in [2.05, 4.69) is 16.9 Å². The molecule has 2 rings (SSSR count). The maximum atomic E-state index is 11.9. The number of ether oxygens (including phenoxy) is 1. The molecule has 5 heteroatoms. The van der Waals surface area contributed by atoms with E-state index >= 15 is 0 Å². The monoisotopic (exact) mass is 265 g/mol. The van der Waals surface area contributed by atoms with E-state index in [0.717, 1.165) is 25.2 Å². The van der Waals surface area contributed by atoms with Crippen LogP contribution in [0.3, 0.4) is 0 Å². The lowest BCUT2D eigenvalue weighted by Gasteiger charge is -2.23. The molecule has 0 amide bonds. The Hall–Kier alpha value is -1.36. The van der Waals surface area contributed by atoms with Crippen LogP contribution in [-0.4, -0.2) is 39.8 Å². The van der Waals surface area contributed by atoms with Gasteiger partial charge < -0.3 is 4.74 Å². The number of aryl methyl sites for hydroxylation is 1. The Morgan fingerprint density at radius 3 is 3.00 bits per heavy atom. The molecule has 1 unspecified atom stereocenters. The molecule has 1 aromatic rings. The fourth-order valence-electron chi connectivity index (χ4n) is 2.79. The quantitative estimate of drug-likeness (QED) is 0.764. The summed E-state index contributed by atoms with van der Waals surface area (Å²) >= 11 is 0. The van der Waals surface area contributed by atoms with Gasteiger partial charge in [-0.05, 0) is 32.7 Å². The standard InChI is InChI=1S/C14H23N3O2/c1-4-11-7-6-8-17(11)10-13-12(9-15-16(13)3)14(18)19-5-2/h9,11H,4-8,10H2,1-3H3. The number of likely N-dealkylation sites (tertiary alicyclic amines) is 1. The van der Waals surface area contributed by atoms with E-state index in [9.17, 15) is 4.79 Å². The van der Waals surface area contributed by atoms with Gasteiger partial charge in [0.1, 0.15) is 5.56 Å². The van der Waals surface area contributed by atoms with Crippen molar-refractivity contribution in [2.75, 3.05) is 13.2 Å². The highest BCUT2D eigenvalue weighted by Gasteiger charge is 2.26. The van der Waals surface area contributed by atoms with Crippen LogP contribution >= 0.6 is 0 Å². The second kappa shape index (κ2) is 6.19. The van der Waals surface area contributed by atoms with Crippen molar-refractivity contribution in [2.24, 2.45) is 7.05 Å². The molecule has 1 aliphatic heterocycles. The molecular weight excluding hydrogens is 242 g/mol. The lowest BCUT2D eigenvalue weighted by Crippen LogP contribution is -2.30. The third kappa shape index (κ3) is 2.97. The summed E-state index contributed by atoms with van der Waals surface area (Å²) in [5, 5.41) is 4.20. The van der Waals surface area contributed by atoms with Gasteiger partial charge in [0.05, 0.1) is 18.5 Å². The summed E-state index contributed by atoms with van der Waals surface area (Å²) in [6.45, 7) is 6.32. The summed E-state index contributed by atoms with van der Waals surface area (Å²) in [4.78, 5) is 14.4. The summed E-state index contributed by atoms with van der Waals surface area (Å²) in [5.41, 5.74) is 1.56. The van der Waals surface area contributed by atoms with Crippen molar-refractivity contribution in [3.05, 3.63) is 17.5 Å². The highest BCUT2D eigenvalue weighted by molar-refractivity contribution is 5.90. The Kier molecular flexibility index (Phi) is 4.58. The SMILES string of the molecule is CCOC(=O)c1cnn(C)c1CN1CCCC1CC. The number of carbonyl (C=O) groups is 1. The molecular formula is C14H23N3O2. The third-order valence-electron chi connectivity index (χ3n) is 3.88. The highest BCUT2D eigenvalue weighted by Crippen LogP contribution is 2.23. The molecule has 1 aliphatic rings. The predicted molar refractivity (Wildman–Crippen MR) is 72.9 cm³/mol. The lowest BCUT2D eigenvalue weighted by atomic mass is 10.1. The summed E-state index contributed by atoms with van der Waals surface area (Å²) in [6, 6.07) is 0.630. The molecule has 2 heterocycles. The van der Waals surface area contributed by atoms with Gasteiger partial charge in [0.25, 0.3) is 0 Å². The maximum absolute atomic E-state index is 11.9. The predicted octanol–water partition coefficient (Wildman–Crippen LogP) is 1.97. The smallest absolute Gasteiger partial charge is 0.341 e. The van der Waals surface area contributed by atoms with Gasteiger partial charge in [-0.3, -0.25) is 9.58 Å². The van der Waals surface area contributed by atoms with Crippen molar-refractivity contribution >= 4 is 5.97 Å². The van der Waals surface area contributed by atoms with Crippen LogP contribution in [-0.2, 0) is 18.3 Å². The Bertz CT molecular complexity index is 442. The topological polar surface area (TPSA) is 47.4 Å². The minimum Gasteiger partial charge on any atom is -0.462 e. The molecule has 106 valence electrons. The van der Waals surface area contributed by atoms with Gasteiger partial charge in [0, 0.05) is 19.6 Å². The highest BCUT2D eigenvalue weighted by atomic mass is 16.5. The molecule has 0 aromatic carbocycles. The first-order valence-corrected chi connectivity index (χ1v) is 7.09. The maximum Gasteiger partial charge on any atom is 0.341 e. The van der Waals surface area contributed by atoms with Crippen molar-refractivity contribution in [1.82, 2.24) is 14.7 Å². The molecule has 1 aromatic heterocycles. The van der Waals surface area contributed by atoms with Gasteiger partial charge in [0.15, 0.2) is 0 Å².